The summed E-state index contributed by atoms with van der Waals surface area (Å²) in [6, 6.07) is 0. The van der Waals surface area contributed by atoms with Crippen molar-refractivity contribution in [3.8, 4) is 0 Å². The van der Waals surface area contributed by atoms with E-state index in [1.54, 1.807) is 12.3 Å². The van der Waals surface area contributed by atoms with Gasteiger partial charge in [-0.15, -0.1) is 0 Å². The third-order valence-corrected chi connectivity index (χ3v) is 2.50. The summed E-state index contributed by atoms with van der Waals surface area (Å²) in [5.41, 5.74) is 11.9. The third-order valence-electron chi connectivity index (χ3n) is 2.50. The van der Waals surface area contributed by atoms with Crippen LogP contribution in [0.4, 0.5) is 16.2 Å². The molecular weight excluding hydrogens is 209 g/mol. The van der Waals surface area contributed by atoms with E-state index in [9.17, 15) is 4.39 Å². The van der Waals surface area contributed by atoms with Crippen molar-refractivity contribution in [2.24, 2.45) is 0 Å². The van der Waals surface area contributed by atoms with E-state index < -0.39 is 0 Å². The molecule has 5 nitrogen and oxygen atoms in total. The van der Waals surface area contributed by atoms with Gasteiger partial charge in [0.1, 0.15) is 11.6 Å². The van der Waals surface area contributed by atoms with E-state index in [4.69, 9.17) is 11.5 Å². The van der Waals surface area contributed by atoms with E-state index in [2.05, 4.69) is 9.97 Å². The minimum Gasteiger partial charge on any atom is -0.383 e. The molecule has 0 spiro atoms. The maximum atomic E-state index is 13.0. The van der Waals surface area contributed by atoms with Crippen molar-refractivity contribution in [1.29, 1.82) is 0 Å². The second-order valence-electron chi connectivity index (χ2n) is 3.79. The van der Waals surface area contributed by atoms with Gasteiger partial charge in [-0.3, -0.25) is 4.90 Å². The number of hydrogen-bond acceptors (Lipinski definition) is 5. The van der Waals surface area contributed by atoms with E-state index in [-0.39, 0.29) is 11.8 Å². The van der Waals surface area contributed by atoms with Crippen molar-refractivity contribution in [3.63, 3.8) is 0 Å². The lowest BCUT2D eigenvalue weighted by Crippen LogP contribution is -2.29. The minimum atomic E-state index is -0.0961. The fourth-order valence-corrected chi connectivity index (χ4v) is 1.69. The molecule has 0 unspecified atom stereocenters. The summed E-state index contributed by atoms with van der Waals surface area (Å²) in [6.45, 7) is 1.69. The summed E-state index contributed by atoms with van der Waals surface area (Å²) >= 11 is 0. The smallest absolute Gasteiger partial charge is 0.221 e. The topological polar surface area (TPSA) is 81.1 Å². The molecular formula is C10H14FN5. The predicted octanol–water partition coefficient (Wildman–Crippen LogP) is 0.700. The predicted molar refractivity (Wildman–Crippen MR) is 59.9 cm³/mol. The van der Waals surface area contributed by atoms with Crippen molar-refractivity contribution in [1.82, 2.24) is 14.9 Å². The van der Waals surface area contributed by atoms with Crippen LogP contribution in [0.25, 0.3) is 0 Å². The molecule has 2 heterocycles. The Hall–Kier alpha value is -1.69. The van der Waals surface area contributed by atoms with Gasteiger partial charge in [-0.25, -0.2) is 9.37 Å². The highest BCUT2D eigenvalue weighted by Gasteiger charge is 2.14. The largest absolute Gasteiger partial charge is 0.383 e. The fourth-order valence-electron chi connectivity index (χ4n) is 1.69. The van der Waals surface area contributed by atoms with Gasteiger partial charge >= 0.3 is 0 Å². The van der Waals surface area contributed by atoms with Crippen molar-refractivity contribution in [2.45, 2.75) is 13.0 Å². The first kappa shape index (κ1) is 10.8. The monoisotopic (exact) mass is 223 g/mol. The molecule has 0 aromatic carbocycles. The number of rotatable bonds is 2. The number of anilines is 2. The highest BCUT2D eigenvalue weighted by Crippen LogP contribution is 2.16. The first-order valence-corrected chi connectivity index (χ1v) is 5.09. The molecule has 0 saturated heterocycles. The Morgan fingerprint density at radius 2 is 2.25 bits per heavy atom. The van der Waals surface area contributed by atoms with Gasteiger partial charge in [-0.2, -0.15) is 4.98 Å². The van der Waals surface area contributed by atoms with E-state index in [1.165, 1.54) is 0 Å². The van der Waals surface area contributed by atoms with Crippen LogP contribution in [0.2, 0.25) is 0 Å². The molecule has 1 aromatic heterocycles. The summed E-state index contributed by atoms with van der Waals surface area (Å²) in [5.74, 6) is 0.426. The standard InChI is InChI=1S/C10H14FN5/c11-8-2-1-3-16(6-8)5-7-4-14-10(13)15-9(7)12/h2,4H,1,3,5-6H2,(H4,12,13,14,15). The van der Waals surface area contributed by atoms with Gasteiger partial charge in [0, 0.05) is 24.8 Å². The molecule has 0 amide bonds. The van der Waals surface area contributed by atoms with Gasteiger partial charge in [0.05, 0.1) is 6.54 Å². The SMILES string of the molecule is Nc1ncc(CN2CCC=C(F)C2)c(N)n1. The lowest BCUT2D eigenvalue weighted by molar-refractivity contribution is 0.259. The van der Waals surface area contributed by atoms with Crippen LogP contribution in [0.3, 0.4) is 0 Å². The minimum absolute atomic E-state index is 0.0961. The average Bonchev–Trinajstić information content (AvgIpc) is 2.22. The maximum Gasteiger partial charge on any atom is 0.221 e. The van der Waals surface area contributed by atoms with Crippen LogP contribution in [0.1, 0.15) is 12.0 Å². The maximum absolute atomic E-state index is 13.0. The van der Waals surface area contributed by atoms with Gasteiger partial charge in [-0.05, 0) is 6.42 Å². The van der Waals surface area contributed by atoms with Crippen molar-refractivity contribution >= 4 is 11.8 Å². The Bertz CT molecular complexity index is 418. The van der Waals surface area contributed by atoms with Gasteiger partial charge < -0.3 is 11.5 Å². The summed E-state index contributed by atoms with van der Waals surface area (Å²) in [6.07, 6.45) is 3.93. The lowest BCUT2D eigenvalue weighted by Gasteiger charge is -2.24. The van der Waals surface area contributed by atoms with E-state index >= 15 is 0 Å². The number of hydrogen-bond donors (Lipinski definition) is 2. The number of aromatic nitrogens is 2. The van der Waals surface area contributed by atoms with Gasteiger partial charge in [0.15, 0.2) is 0 Å². The zero-order chi connectivity index (χ0) is 11.5. The lowest BCUT2D eigenvalue weighted by atomic mass is 10.2. The number of nitrogens with two attached hydrogens (primary N) is 2. The summed E-state index contributed by atoms with van der Waals surface area (Å²) in [5, 5.41) is 0. The summed E-state index contributed by atoms with van der Waals surface area (Å²) in [7, 11) is 0. The summed E-state index contributed by atoms with van der Waals surface area (Å²) in [4.78, 5) is 9.70. The molecule has 0 fully saturated rings. The molecule has 86 valence electrons. The van der Waals surface area contributed by atoms with Crippen molar-refractivity contribution < 1.29 is 4.39 Å². The quantitative estimate of drug-likeness (QED) is 0.771. The molecule has 16 heavy (non-hydrogen) atoms. The van der Waals surface area contributed by atoms with Gasteiger partial charge in [-0.1, -0.05) is 6.08 Å². The van der Waals surface area contributed by atoms with Gasteiger partial charge in [0.25, 0.3) is 0 Å². The van der Waals surface area contributed by atoms with Crippen molar-refractivity contribution in [2.75, 3.05) is 24.6 Å². The number of nitrogens with zero attached hydrogens (tertiary/aromatic N) is 3. The Balaban J connectivity index is 2.06. The van der Waals surface area contributed by atoms with Crippen LogP contribution in [-0.2, 0) is 6.54 Å². The Kier molecular flexibility index (Phi) is 3.00. The van der Waals surface area contributed by atoms with Crippen LogP contribution >= 0.6 is 0 Å². The highest BCUT2D eigenvalue weighted by molar-refractivity contribution is 5.41. The molecule has 4 N–H and O–H groups in total. The molecule has 1 aromatic rings. The molecule has 0 radical (unpaired) electrons. The molecule has 6 heteroatoms. The second kappa shape index (κ2) is 4.44. The van der Waals surface area contributed by atoms with E-state index in [0.29, 0.717) is 18.9 Å². The first-order valence-electron chi connectivity index (χ1n) is 5.09. The molecule has 2 rings (SSSR count). The fraction of sp³-hybridized carbons (Fsp3) is 0.400. The van der Waals surface area contributed by atoms with Gasteiger partial charge in [0.2, 0.25) is 5.95 Å². The Morgan fingerprint density at radius 1 is 1.44 bits per heavy atom. The average molecular weight is 223 g/mol. The van der Waals surface area contributed by atoms with Crippen LogP contribution in [-0.4, -0.2) is 28.0 Å². The summed E-state index contributed by atoms with van der Waals surface area (Å²) < 4.78 is 13.0. The first-order chi connectivity index (χ1) is 7.65. The normalized spacial score (nSPS) is 17.2. The van der Waals surface area contributed by atoms with Crippen LogP contribution in [0, 0.1) is 0 Å². The molecule has 1 aliphatic heterocycles. The zero-order valence-electron chi connectivity index (χ0n) is 8.86. The number of nitrogen functional groups attached to an aromatic ring is 2. The van der Waals surface area contributed by atoms with Crippen molar-refractivity contribution in [3.05, 3.63) is 23.7 Å². The Morgan fingerprint density at radius 3 is 2.94 bits per heavy atom. The van der Waals surface area contributed by atoms with E-state index in [1.807, 2.05) is 4.90 Å². The molecule has 0 atom stereocenters. The molecule has 0 bridgehead atoms. The Labute approximate surface area is 93.0 Å². The number of halogens is 1. The second-order valence-corrected chi connectivity index (χ2v) is 3.79. The van der Waals surface area contributed by atoms with Crippen LogP contribution < -0.4 is 11.5 Å². The molecule has 0 aliphatic carbocycles. The van der Waals surface area contributed by atoms with Crippen LogP contribution in [0.5, 0.6) is 0 Å². The van der Waals surface area contributed by atoms with Crippen LogP contribution in [0.15, 0.2) is 18.1 Å². The molecule has 0 saturated carbocycles. The highest BCUT2D eigenvalue weighted by atomic mass is 19.1. The van der Waals surface area contributed by atoms with E-state index in [0.717, 1.165) is 18.5 Å². The third kappa shape index (κ3) is 2.46. The zero-order valence-corrected chi connectivity index (χ0v) is 8.86. The molecule has 1 aliphatic rings.